The van der Waals surface area contributed by atoms with Crippen molar-refractivity contribution in [3.8, 4) is 0 Å². The number of carbonyl (C=O) groups excluding carboxylic acids is 3. The Kier molecular flexibility index (Phi) is 5.30. The first-order chi connectivity index (χ1) is 13.0. The number of aryl methyl sites for hydroxylation is 1. The van der Waals surface area contributed by atoms with Crippen LogP contribution in [0.1, 0.15) is 23.3 Å². The third kappa shape index (κ3) is 4.20. The lowest BCUT2D eigenvalue weighted by Gasteiger charge is -2.19. The maximum Gasteiger partial charge on any atom is 0.359 e. The molecule has 0 radical (unpaired) electrons. The van der Waals surface area contributed by atoms with Crippen molar-refractivity contribution in [2.75, 3.05) is 23.4 Å². The predicted octanol–water partition coefficient (Wildman–Crippen LogP) is 0.703. The molecule has 2 amide bonds. The number of nitrogens with zero attached hydrogens (tertiary/aromatic N) is 3. The predicted molar refractivity (Wildman–Crippen MR) is 96.4 cm³/mol. The lowest BCUT2D eigenvalue weighted by atomic mass is 10.2. The molecular weight excluding hydrogens is 352 g/mol. The average molecular weight is 370 g/mol. The summed E-state index contributed by atoms with van der Waals surface area (Å²) in [4.78, 5) is 49.0. The fraction of sp³-hybridized carbons (Fsp3) is 0.278. The van der Waals surface area contributed by atoms with E-state index in [1.54, 1.807) is 29.2 Å². The summed E-state index contributed by atoms with van der Waals surface area (Å²) in [6.07, 6.45) is 1.25. The van der Waals surface area contributed by atoms with Crippen molar-refractivity contribution in [1.29, 1.82) is 0 Å². The van der Waals surface area contributed by atoms with E-state index in [1.165, 1.54) is 19.2 Å². The Balaban J connectivity index is 1.63. The van der Waals surface area contributed by atoms with Gasteiger partial charge in [0, 0.05) is 26.1 Å². The van der Waals surface area contributed by atoms with Gasteiger partial charge in [-0.15, -0.1) is 0 Å². The van der Waals surface area contributed by atoms with E-state index in [0.717, 1.165) is 11.1 Å². The maximum atomic E-state index is 12.2. The molecule has 1 aromatic heterocycles. The summed E-state index contributed by atoms with van der Waals surface area (Å²) >= 11 is 0. The molecule has 1 fully saturated rings. The van der Waals surface area contributed by atoms with Crippen LogP contribution in [0.2, 0.25) is 0 Å². The first-order valence-electron chi connectivity index (χ1n) is 8.36. The molecule has 9 nitrogen and oxygen atoms in total. The van der Waals surface area contributed by atoms with Gasteiger partial charge in [-0.3, -0.25) is 14.4 Å². The number of ether oxygens (including phenoxy) is 1. The van der Waals surface area contributed by atoms with E-state index in [1.807, 2.05) is 0 Å². The third-order valence-corrected chi connectivity index (χ3v) is 4.05. The molecule has 1 saturated heterocycles. The zero-order valence-electron chi connectivity index (χ0n) is 14.7. The Morgan fingerprint density at radius 1 is 1.19 bits per heavy atom. The number of anilines is 2. The fourth-order valence-electron chi connectivity index (χ4n) is 2.72. The summed E-state index contributed by atoms with van der Waals surface area (Å²) in [6, 6.07) is 9.36. The SMILES string of the molecule is Cn1nc(C(=O)OCC(=O)Nc2ccccc2N2CCCC2=O)ccc1=O. The van der Waals surface area contributed by atoms with Gasteiger partial charge in [-0.05, 0) is 24.6 Å². The van der Waals surface area contributed by atoms with Crippen molar-refractivity contribution in [2.45, 2.75) is 12.8 Å². The average Bonchev–Trinajstić information content (AvgIpc) is 3.08. The normalized spacial score (nSPS) is 13.5. The Labute approximate surface area is 154 Å². The second kappa shape index (κ2) is 7.81. The largest absolute Gasteiger partial charge is 0.451 e. The summed E-state index contributed by atoms with van der Waals surface area (Å²) in [6.45, 7) is 0.0741. The molecule has 1 N–H and O–H groups in total. The minimum Gasteiger partial charge on any atom is -0.451 e. The Hall–Kier alpha value is -3.49. The first kappa shape index (κ1) is 18.3. The molecule has 9 heteroatoms. The van der Waals surface area contributed by atoms with Crippen LogP contribution < -0.4 is 15.8 Å². The molecule has 1 aliphatic heterocycles. The van der Waals surface area contributed by atoms with Gasteiger partial charge in [0.1, 0.15) is 0 Å². The van der Waals surface area contributed by atoms with Crippen molar-refractivity contribution in [3.05, 3.63) is 52.4 Å². The number of carbonyl (C=O) groups is 3. The lowest BCUT2D eigenvalue weighted by molar-refractivity contribution is -0.119. The first-order valence-corrected chi connectivity index (χ1v) is 8.36. The van der Waals surface area contributed by atoms with E-state index in [9.17, 15) is 19.2 Å². The van der Waals surface area contributed by atoms with Gasteiger partial charge < -0.3 is 15.0 Å². The van der Waals surface area contributed by atoms with Crippen LogP contribution in [0.15, 0.2) is 41.2 Å². The van der Waals surface area contributed by atoms with E-state index < -0.39 is 18.5 Å². The van der Waals surface area contributed by atoms with Gasteiger partial charge in [-0.25, -0.2) is 9.48 Å². The Morgan fingerprint density at radius 2 is 1.96 bits per heavy atom. The number of rotatable bonds is 5. The lowest BCUT2D eigenvalue weighted by Crippen LogP contribution is -2.27. The van der Waals surface area contributed by atoms with Crippen molar-refractivity contribution in [2.24, 2.45) is 7.05 Å². The molecule has 0 saturated carbocycles. The fourth-order valence-corrected chi connectivity index (χ4v) is 2.72. The van der Waals surface area contributed by atoms with E-state index in [0.29, 0.717) is 24.3 Å². The summed E-state index contributed by atoms with van der Waals surface area (Å²) < 4.78 is 5.93. The smallest absolute Gasteiger partial charge is 0.359 e. The molecule has 0 unspecified atom stereocenters. The molecule has 0 atom stereocenters. The van der Waals surface area contributed by atoms with Gasteiger partial charge >= 0.3 is 5.97 Å². The molecule has 1 aromatic carbocycles. The highest BCUT2D eigenvalue weighted by molar-refractivity contribution is 6.02. The van der Waals surface area contributed by atoms with Crippen LogP contribution in [0, 0.1) is 0 Å². The topological polar surface area (TPSA) is 111 Å². The van der Waals surface area contributed by atoms with Gasteiger partial charge in [0.25, 0.3) is 11.5 Å². The summed E-state index contributed by atoms with van der Waals surface area (Å²) in [5, 5.41) is 6.41. The quantitative estimate of drug-likeness (QED) is 0.776. The van der Waals surface area contributed by atoms with Gasteiger partial charge in [0.15, 0.2) is 12.3 Å². The van der Waals surface area contributed by atoms with Crippen molar-refractivity contribution in [3.63, 3.8) is 0 Å². The van der Waals surface area contributed by atoms with Crippen LogP contribution in [0.25, 0.3) is 0 Å². The van der Waals surface area contributed by atoms with Crippen LogP contribution in [0.3, 0.4) is 0 Å². The number of amides is 2. The highest BCUT2D eigenvalue weighted by Gasteiger charge is 2.24. The highest BCUT2D eigenvalue weighted by atomic mass is 16.5. The van der Waals surface area contributed by atoms with E-state index in [-0.39, 0.29) is 17.2 Å². The number of aromatic nitrogens is 2. The van der Waals surface area contributed by atoms with Crippen LogP contribution >= 0.6 is 0 Å². The monoisotopic (exact) mass is 370 g/mol. The number of hydrogen-bond donors (Lipinski definition) is 1. The molecule has 0 aliphatic carbocycles. The van der Waals surface area contributed by atoms with E-state index in [4.69, 9.17) is 4.74 Å². The molecule has 3 rings (SSSR count). The van der Waals surface area contributed by atoms with Crippen molar-refractivity contribution >= 4 is 29.2 Å². The van der Waals surface area contributed by atoms with Crippen LogP contribution in [0.5, 0.6) is 0 Å². The minimum absolute atomic E-state index is 0.00360. The number of benzene rings is 1. The van der Waals surface area contributed by atoms with Crippen molar-refractivity contribution < 1.29 is 19.1 Å². The van der Waals surface area contributed by atoms with Gasteiger partial charge in [-0.1, -0.05) is 12.1 Å². The number of hydrogen-bond acceptors (Lipinski definition) is 6. The van der Waals surface area contributed by atoms with Crippen LogP contribution in [0.4, 0.5) is 11.4 Å². The summed E-state index contributed by atoms with van der Waals surface area (Å²) in [5.41, 5.74) is 0.638. The zero-order chi connectivity index (χ0) is 19.4. The van der Waals surface area contributed by atoms with Crippen molar-refractivity contribution in [1.82, 2.24) is 9.78 Å². The second-order valence-electron chi connectivity index (χ2n) is 5.97. The molecule has 0 spiro atoms. The van der Waals surface area contributed by atoms with Gasteiger partial charge in [0.05, 0.1) is 11.4 Å². The molecule has 140 valence electrons. The molecule has 27 heavy (non-hydrogen) atoms. The molecule has 0 bridgehead atoms. The highest BCUT2D eigenvalue weighted by Crippen LogP contribution is 2.29. The molecule has 2 aromatic rings. The number of para-hydroxylation sites is 2. The van der Waals surface area contributed by atoms with Crippen LogP contribution in [-0.2, 0) is 21.4 Å². The van der Waals surface area contributed by atoms with Crippen LogP contribution in [-0.4, -0.2) is 40.7 Å². The molecule has 2 heterocycles. The standard InChI is InChI=1S/C18H18N4O5/c1-21-16(24)9-8-13(20-21)18(26)27-11-15(23)19-12-5-2-3-6-14(12)22-10-4-7-17(22)25/h2-3,5-6,8-9H,4,7,10-11H2,1H3,(H,19,23). The second-order valence-corrected chi connectivity index (χ2v) is 5.97. The van der Waals surface area contributed by atoms with Gasteiger partial charge in [-0.2, -0.15) is 5.10 Å². The maximum absolute atomic E-state index is 12.2. The summed E-state index contributed by atoms with van der Waals surface area (Å²) in [5.74, 6) is -1.36. The minimum atomic E-state index is -0.816. The zero-order valence-corrected chi connectivity index (χ0v) is 14.7. The number of esters is 1. The van der Waals surface area contributed by atoms with E-state index >= 15 is 0 Å². The Bertz CT molecular complexity index is 953. The number of nitrogens with one attached hydrogen (secondary N) is 1. The Morgan fingerprint density at radius 3 is 2.67 bits per heavy atom. The molecular formula is C18H18N4O5. The third-order valence-electron chi connectivity index (χ3n) is 4.05. The summed E-state index contributed by atoms with van der Waals surface area (Å²) in [7, 11) is 1.41. The molecule has 1 aliphatic rings. The van der Waals surface area contributed by atoms with Gasteiger partial charge in [0.2, 0.25) is 5.91 Å². The van der Waals surface area contributed by atoms with E-state index in [2.05, 4.69) is 10.4 Å².